The Bertz CT molecular complexity index is 299. The third kappa shape index (κ3) is 2.41. The molecule has 1 aromatic carbocycles. The van der Waals surface area contributed by atoms with Gasteiger partial charge in [0, 0.05) is 10.2 Å². The summed E-state index contributed by atoms with van der Waals surface area (Å²) in [4.78, 5) is 0. The molecule has 0 aromatic heterocycles. The van der Waals surface area contributed by atoms with Gasteiger partial charge in [-0.2, -0.15) is 12.6 Å². The standard InChI is InChI=1S/C10H13BrOS/c1-3-7-4-8(12-2)5-10(11)9(7)6-13/h4-5,13H,3,6H2,1-2H3. The van der Waals surface area contributed by atoms with Crippen LogP contribution in [0.25, 0.3) is 0 Å². The Balaban J connectivity index is 3.20. The maximum Gasteiger partial charge on any atom is 0.120 e. The summed E-state index contributed by atoms with van der Waals surface area (Å²) in [5.74, 6) is 1.66. The van der Waals surface area contributed by atoms with Crippen molar-refractivity contribution in [3.8, 4) is 5.75 Å². The fourth-order valence-corrected chi connectivity index (χ4v) is 2.49. The zero-order valence-corrected chi connectivity index (χ0v) is 10.3. The molecule has 0 N–H and O–H groups in total. The van der Waals surface area contributed by atoms with Gasteiger partial charge in [-0.05, 0) is 29.7 Å². The lowest BCUT2D eigenvalue weighted by Gasteiger charge is -2.10. The van der Waals surface area contributed by atoms with Crippen molar-refractivity contribution in [1.29, 1.82) is 0 Å². The van der Waals surface area contributed by atoms with Gasteiger partial charge in [-0.25, -0.2) is 0 Å². The molecule has 0 aliphatic rings. The van der Waals surface area contributed by atoms with E-state index in [1.807, 2.05) is 6.07 Å². The molecule has 1 nitrogen and oxygen atoms in total. The molecule has 0 unspecified atom stereocenters. The molecule has 72 valence electrons. The average Bonchev–Trinajstić information content (AvgIpc) is 2.16. The van der Waals surface area contributed by atoms with Crippen molar-refractivity contribution in [1.82, 2.24) is 0 Å². The highest BCUT2D eigenvalue weighted by molar-refractivity contribution is 9.10. The van der Waals surface area contributed by atoms with Gasteiger partial charge < -0.3 is 4.74 Å². The van der Waals surface area contributed by atoms with Gasteiger partial charge in [-0.15, -0.1) is 0 Å². The topological polar surface area (TPSA) is 9.23 Å². The molecule has 3 heteroatoms. The van der Waals surface area contributed by atoms with Gasteiger partial charge in [0.05, 0.1) is 7.11 Å². The third-order valence-electron chi connectivity index (χ3n) is 2.04. The van der Waals surface area contributed by atoms with Crippen molar-refractivity contribution in [3.05, 3.63) is 27.7 Å². The molecule has 1 aromatic rings. The predicted octanol–water partition coefficient (Wildman–Crippen LogP) is 3.45. The van der Waals surface area contributed by atoms with Crippen molar-refractivity contribution >= 4 is 28.6 Å². The molecule has 13 heavy (non-hydrogen) atoms. The van der Waals surface area contributed by atoms with Crippen LogP contribution < -0.4 is 4.74 Å². The maximum atomic E-state index is 5.18. The summed E-state index contributed by atoms with van der Waals surface area (Å²) >= 11 is 7.81. The monoisotopic (exact) mass is 260 g/mol. The molecule has 0 spiro atoms. The number of methoxy groups -OCH3 is 1. The van der Waals surface area contributed by atoms with Gasteiger partial charge >= 0.3 is 0 Å². The Morgan fingerprint density at radius 3 is 2.62 bits per heavy atom. The summed E-state index contributed by atoms with van der Waals surface area (Å²) in [5.41, 5.74) is 2.55. The van der Waals surface area contributed by atoms with Crippen LogP contribution in [0.3, 0.4) is 0 Å². The maximum absolute atomic E-state index is 5.18. The van der Waals surface area contributed by atoms with E-state index in [4.69, 9.17) is 4.74 Å². The van der Waals surface area contributed by atoms with Crippen molar-refractivity contribution in [3.63, 3.8) is 0 Å². The Morgan fingerprint density at radius 1 is 1.46 bits per heavy atom. The lowest BCUT2D eigenvalue weighted by Crippen LogP contribution is -1.93. The minimum Gasteiger partial charge on any atom is -0.497 e. The molecule has 0 saturated heterocycles. The van der Waals surface area contributed by atoms with E-state index in [9.17, 15) is 0 Å². The lowest BCUT2D eigenvalue weighted by molar-refractivity contribution is 0.414. The van der Waals surface area contributed by atoms with E-state index < -0.39 is 0 Å². The summed E-state index contributed by atoms with van der Waals surface area (Å²) < 4.78 is 6.26. The Hall–Kier alpha value is -0.150. The number of ether oxygens (including phenoxy) is 1. The van der Waals surface area contributed by atoms with Gasteiger partial charge in [0.25, 0.3) is 0 Å². The van der Waals surface area contributed by atoms with Crippen LogP contribution in [0.15, 0.2) is 16.6 Å². The smallest absolute Gasteiger partial charge is 0.120 e. The fraction of sp³-hybridized carbons (Fsp3) is 0.400. The van der Waals surface area contributed by atoms with Crippen molar-refractivity contribution in [2.75, 3.05) is 7.11 Å². The minimum atomic E-state index is 0.758. The van der Waals surface area contributed by atoms with E-state index in [0.717, 1.165) is 22.4 Å². The fourth-order valence-electron chi connectivity index (χ4n) is 1.28. The van der Waals surface area contributed by atoms with Crippen LogP contribution in [-0.4, -0.2) is 7.11 Å². The first-order valence-electron chi connectivity index (χ1n) is 4.19. The van der Waals surface area contributed by atoms with Gasteiger partial charge in [0.15, 0.2) is 0 Å². The minimum absolute atomic E-state index is 0.758. The van der Waals surface area contributed by atoms with Gasteiger partial charge in [-0.3, -0.25) is 0 Å². The first-order chi connectivity index (χ1) is 6.22. The van der Waals surface area contributed by atoms with Crippen molar-refractivity contribution < 1.29 is 4.74 Å². The number of halogens is 1. The molecule has 0 radical (unpaired) electrons. The first kappa shape index (κ1) is 10.9. The molecule has 0 atom stereocenters. The van der Waals surface area contributed by atoms with E-state index in [1.54, 1.807) is 7.11 Å². The van der Waals surface area contributed by atoms with Crippen LogP contribution in [0.1, 0.15) is 18.1 Å². The molecule has 0 bridgehead atoms. The quantitative estimate of drug-likeness (QED) is 0.820. The number of hydrogen-bond donors (Lipinski definition) is 1. The van der Waals surface area contributed by atoms with E-state index in [-0.39, 0.29) is 0 Å². The second-order valence-corrected chi connectivity index (χ2v) is 3.93. The predicted molar refractivity (Wildman–Crippen MR) is 62.8 cm³/mol. The number of aryl methyl sites for hydroxylation is 1. The number of thiol groups is 1. The molecule has 0 heterocycles. The van der Waals surface area contributed by atoms with E-state index in [2.05, 4.69) is 41.5 Å². The van der Waals surface area contributed by atoms with Gasteiger partial charge in [0.2, 0.25) is 0 Å². The van der Waals surface area contributed by atoms with E-state index in [0.29, 0.717) is 0 Å². The molecule has 0 amide bonds. The Morgan fingerprint density at radius 2 is 2.15 bits per heavy atom. The SMILES string of the molecule is CCc1cc(OC)cc(Br)c1CS. The van der Waals surface area contributed by atoms with Gasteiger partial charge in [0.1, 0.15) is 5.75 Å². The summed E-state index contributed by atoms with van der Waals surface area (Å²) in [6.07, 6.45) is 1.01. The van der Waals surface area contributed by atoms with E-state index in [1.165, 1.54) is 11.1 Å². The van der Waals surface area contributed by atoms with Crippen LogP contribution in [0.2, 0.25) is 0 Å². The summed E-state index contributed by atoms with van der Waals surface area (Å²) in [5, 5.41) is 0. The Labute approximate surface area is 93.0 Å². The molecule has 0 aliphatic heterocycles. The second kappa shape index (κ2) is 4.91. The molecule has 0 aliphatic carbocycles. The largest absolute Gasteiger partial charge is 0.497 e. The van der Waals surface area contributed by atoms with Crippen LogP contribution in [0.5, 0.6) is 5.75 Å². The second-order valence-electron chi connectivity index (χ2n) is 2.76. The molecule has 1 rings (SSSR count). The van der Waals surface area contributed by atoms with Crippen LogP contribution in [0.4, 0.5) is 0 Å². The summed E-state index contributed by atoms with van der Waals surface area (Å²) in [6.45, 7) is 2.13. The van der Waals surface area contributed by atoms with Crippen molar-refractivity contribution in [2.24, 2.45) is 0 Å². The zero-order valence-electron chi connectivity index (χ0n) is 7.80. The third-order valence-corrected chi connectivity index (χ3v) is 3.06. The zero-order chi connectivity index (χ0) is 9.84. The molecular formula is C10H13BrOS. The van der Waals surface area contributed by atoms with Crippen LogP contribution >= 0.6 is 28.6 Å². The highest BCUT2D eigenvalue weighted by Gasteiger charge is 2.06. The average molecular weight is 261 g/mol. The first-order valence-corrected chi connectivity index (χ1v) is 5.61. The normalized spacial score (nSPS) is 10.2. The molecule has 0 saturated carbocycles. The highest BCUT2D eigenvalue weighted by Crippen LogP contribution is 2.28. The lowest BCUT2D eigenvalue weighted by atomic mass is 10.1. The molecule has 0 fully saturated rings. The number of hydrogen-bond acceptors (Lipinski definition) is 2. The van der Waals surface area contributed by atoms with Crippen LogP contribution in [0, 0.1) is 0 Å². The number of rotatable bonds is 3. The number of benzene rings is 1. The summed E-state index contributed by atoms with van der Waals surface area (Å²) in [7, 11) is 1.68. The molecular weight excluding hydrogens is 248 g/mol. The van der Waals surface area contributed by atoms with Crippen LogP contribution in [-0.2, 0) is 12.2 Å². The van der Waals surface area contributed by atoms with Gasteiger partial charge in [-0.1, -0.05) is 22.9 Å². The van der Waals surface area contributed by atoms with Crippen molar-refractivity contribution in [2.45, 2.75) is 19.1 Å². The summed E-state index contributed by atoms with van der Waals surface area (Å²) in [6, 6.07) is 4.04. The Kier molecular flexibility index (Phi) is 4.13. The van der Waals surface area contributed by atoms with E-state index >= 15 is 0 Å². The highest BCUT2D eigenvalue weighted by atomic mass is 79.9.